The van der Waals surface area contributed by atoms with E-state index in [0.29, 0.717) is 11.2 Å². The van der Waals surface area contributed by atoms with Gasteiger partial charge in [0.05, 0.1) is 5.66 Å². The van der Waals surface area contributed by atoms with Crippen LogP contribution in [-0.4, -0.2) is 28.1 Å². The summed E-state index contributed by atoms with van der Waals surface area (Å²) < 4.78 is 0. The first-order chi connectivity index (χ1) is 10.9. The lowest BCUT2D eigenvalue weighted by molar-refractivity contribution is 0.00693. The summed E-state index contributed by atoms with van der Waals surface area (Å²) in [4.78, 5) is 2.99. The van der Waals surface area contributed by atoms with E-state index in [4.69, 9.17) is 0 Å². The zero-order valence-electron chi connectivity index (χ0n) is 13.7. The third kappa shape index (κ3) is 3.20. The molecule has 4 rings (SSSR count). The summed E-state index contributed by atoms with van der Waals surface area (Å²) in [7, 11) is 0. The second kappa shape index (κ2) is 6.74. The molecule has 0 aromatic heterocycles. The van der Waals surface area contributed by atoms with Crippen molar-refractivity contribution in [2.24, 2.45) is 0 Å². The molecule has 0 aromatic carbocycles. The van der Waals surface area contributed by atoms with Crippen LogP contribution >= 0.6 is 11.8 Å². The molecule has 0 saturated heterocycles. The highest BCUT2D eigenvalue weighted by Crippen LogP contribution is 2.47. The van der Waals surface area contributed by atoms with Crippen LogP contribution in [0.3, 0.4) is 0 Å². The van der Waals surface area contributed by atoms with Crippen molar-refractivity contribution in [3.05, 3.63) is 11.6 Å². The minimum Gasteiger partial charge on any atom is -0.367 e. The molecule has 2 N–H and O–H groups in total. The van der Waals surface area contributed by atoms with Crippen LogP contribution in [0.15, 0.2) is 11.6 Å². The molecular weight excluding hydrogens is 290 g/mol. The fourth-order valence-electron chi connectivity index (χ4n) is 4.91. The lowest BCUT2D eigenvalue weighted by Crippen LogP contribution is -2.60. The number of hydrogen-bond acceptors (Lipinski definition) is 4. The molecule has 4 heteroatoms. The van der Waals surface area contributed by atoms with Crippen LogP contribution in [0.2, 0.25) is 0 Å². The van der Waals surface area contributed by atoms with E-state index in [0.717, 1.165) is 12.1 Å². The average Bonchev–Trinajstić information content (AvgIpc) is 3.14. The molecule has 1 aliphatic heterocycles. The molecule has 1 atom stereocenters. The van der Waals surface area contributed by atoms with E-state index in [1.54, 1.807) is 0 Å². The van der Waals surface area contributed by atoms with Crippen LogP contribution in [0.4, 0.5) is 0 Å². The Balaban J connectivity index is 1.50. The molecule has 0 aromatic rings. The maximum Gasteiger partial charge on any atom is 0.130 e. The second-order valence-corrected chi connectivity index (χ2v) is 8.67. The van der Waals surface area contributed by atoms with Gasteiger partial charge in [0.2, 0.25) is 0 Å². The maximum absolute atomic E-state index is 3.98. The van der Waals surface area contributed by atoms with Crippen molar-refractivity contribution in [3.8, 4) is 0 Å². The standard InChI is InChI=1S/C18H31N3S/c1-3-7-15(8-4-1)21(16-9-5-2-6-10-16)18(11-12-18)20-17-19-13-14-22-17/h13-17,19-20H,1-12H2. The van der Waals surface area contributed by atoms with Gasteiger partial charge in [-0.15, -0.1) is 0 Å². The van der Waals surface area contributed by atoms with Crippen LogP contribution in [0.5, 0.6) is 0 Å². The first-order valence-electron chi connectivity index (χ1n) is 9.50. The summed E-state index contributed by atoms with van der Waals surface area (Å²) in [6.45, 7) is 0. The Kier molecular flexibility index (Phi) is 4.70. The monoisotopic (exact) mass is 321 g/mol. The number of thioether (sulfide) groups is 1. The topological polar surface area (TPSA) is 27.3 Å². The first-order valence-corrected chi connectivity index (χ1v) is 10.4. The Bertz CT molecular complexity index is 369. The van der Waals surface area contributed by atoms with Gasteiger partial charge in [0.1, 0.15) is 5.50 Å². The number of nitrogens with one attached hydrogen (secondary N) is 2. The minimum absolute atomic E-state index is 0.306. The van der Waals surface area contributed by atoms with E-state index in [9.17, 15) is 0 Å². The van der Waals surface area contributed by atoms with E-state index < -0.39 is 0 Å². The Hall–Kier alpha value is -0.190. The molecule has 3 aliphatic carbocycles. The number of rotatable bonds is 5. The summed E-state index contributed by atoms with van der Waals surface area (Å²) in [5, 5.41) is 9.61. The molecule has 0 radical (unpaired) electrons. The highest BCUT2D eigenvalue weighted by Gasteiger charge is 2.53. The third-order valence-corrected chi connectivity index (χ3v) is 6.90. The Labute approximate surface area is 139 Å². The van der Waals surface area contributed by atoms with Crippen molar-refractivity contribution in [2.45, 2.75) is 100 Å². The number of nitrogens with zero attached hydrogens (tertiary/aromatic N) is 1. The Morgan fingerprint density at radius 1 is 0.909 bits per heavy atom. The summed E-state index contributed by atoms with van der Waals surface area (Å²) in [6.07, 6.45) is 19.2. The highest BCUT2D eigenvalue weighted by atomic mass is 32.2. The van der Waals surface area contributed by atoms with Gasteiger partial charge in [-0.3, -0.25) is 10.2 Å². The Morgan fingerprint density at radius 3 is 1.95 bits per heavy atom. The summed E-state index contributed by atoms with van der Waals surface area (Å²) in [5.41, 5.74) is 0.693. The van der Waals surface area contributed by atoms with Crippen molar-refractivity contribution in [1.29, 1.82) is 0 Å². The van der Waals surface area contributed by atoms with Crippen LogP contribution in [0.25, 0.3) is 0 Å². The molecule has 22 heavy (non-hydrogen) atoms. The molecule has 1 unspecified atom stereocenters. The molecule has 3 nitrogen and oxygen atoms in total. The van der Waals surface area contributed by atoms with Crippen molar-refractivity contribution in [2.75, 3.05) is 0 Å². The van der Waals surface area contributed by atoms with Gasteiger partial charge in [-0.2, -0.15) is 0 Å². The van der Waals surface area contributed by atoms with Crippen LogP contribution < -0.4 is 10.6 Å². The first kappa shape index (κ1) is 15.3. The molecule has 4 aliphatic rings. The van der Waals surface area contributed by atoms with Gasteiger partial charge in [0.15, 0.2) is 0 Å². The Morgan fingerprint density at radius 2 is 1.50 bits per heavy atom. The highest BCUT2D eigenvalue weighted by molar-refractivity contribution is 8.02. The molecule has 3 fully saturated rings. The van der Waals surface area contributed by atoms with Gasteiger partial charge in [-0.1, -0.05) is 50.3 Å². The zero-order chi connectivity index (χ0) is 14.8. The van der Waals surface area contributed by atoms with Gasteiger partial charge < -0.3 is 5.32 Å². The summed E-state index contributed by atoms with van der Waals surface area (Å²) >= 11 is 1.89. The van der Waals surface area contributed by atoms with Crippen LogP contribution in [0.1, 0.15) is 77.0 Å². The quantitative estimate of drug-likeness (QED) is 0.745. The molecule has 1 heterocycles. The molecular formula is C18H31N3S. The molecule has 124 valence electrons. The average molecular weight is 322 g/mol. The maximum atomic E-state index is 3.98. The van der Waals surface area contributed by atoms with E-state index in [2.05, 4.69) is 27.1 Å². The van der Waals surface area contributed by atoms with Gasteiger partial charge >= 0.3 is 0 Å². The van der Waals surface area contributed by atoms with Gasteiger partial charge in [-0.25, -0.2) is 0 Å². The number of hydrogen-bond donors (Lipinski definition) is 2. The largest absolute Gasteiger partial charge is 0.367 e. The molecule has 0 spiro atoms. The summed E-state index contributed by atoms with van der Waals surface area (Å²) in [5.74, 6) is 0. The smallest absolute Gasteiger partial charge is 0.130 e. The van der Waals surface area contributed by atoms with E-state index in [1.165, 1.54) is 77.0 Å². The fourth-order valence-corrected chi connectivity index (χ4v) is 5.67. The van der Waals surface area contributed by atoms with Crippen LogP contribution in [0, 0.1) is 0 Å². The van der Waals surface area contributed by atoms with Crippen molar-refractivity contribution in [3.63, 3.8) is 0 Å². The van der Waals surface area contributed by atoms with E-state index >= 15 is 0 Å². The predicted octanol–water partition coefficient (Wildman–Crippen LogP) is 4.12. The van der Waals surface area contributed by atoms with Crippen molar-refractivity contribution >= 4 is 11.8 Å². The second-order valence-electron chi connectivity index (χ2n) is 7.65. The predicted molar refractivity (Wildman–Crippen MR) is 94.3 cm³/mol. The third-order valence-electron chi connectivity index (χ3n) is 6.08. The molecule has 3 saturated carbocycles. The SMILES string of the molecule is C1=CSC(NC2(N(C3CCCCC3)C3CCCCC3)CC2)N1. The van der Waals surface area contributed by atoms with E-state index in [-0.39, 0.29) is 0 Å². The fraction of sp³-hybridized carbons (Fsp3) is 0.889. The summed E-state index contributed by atoms with van der Waals surface area (Å²) in [6, 6.07) is 1.68. The van der Waals surface area contributed by atoms with Crippen molar-refractivity contribution < 1.29 is 0 Å². The van der Waals surface area contributed by atoms with Crippen LogP contribution in [-0.2, 0) is 0 Å². The minimum atomic E-state index is 0.306. The van der Waals surface area contributed by atoms with Gasteiger partial charge in [-0.05, 0) is 43.9 Å². The van der Waals surface area contributed by atoms with E-state index in [1.807, 2.05) is 11.8 Å². The normalized spacial score (nSPS) is 32.3. The van der Waals surface area contributed by atoms with Gasteiger partial charge in [0, 0.05) is 18.3 Å². The van der Waals surface area contributed by atoms with Gasteiger partial charge in [0.25, 0.3) is 0 Å². The molecule has 0 amide bonds. The molecule has 0 bridgehead atoms. The lowest BCUT2D eigenvalue weighted by atomic mass is 9.88. The zero-order valence-corrected chi connectivity index (χ0v) is 14.5. The lowest BCUT2D eigenvalue weighted by Gasteiger charge is -2.47. The van der Waals surface area contributed by atoms with Crippen molar-refractivity contribution in [1.82, 2.24) is 15.5 Å².